The van der Waals surface area contributed by atoms with E-state index in [9.17, 15) is 18.0 Å². The van der Waals surface area contributed by atoms with Crippen LogP contribution in [0.4, 0.5) is 5.69 Å². The fourth-order valence-electron chi connectivity index (χ4n) is 3.89. The Balaban J connectivity index is 2.04. The molecule has 0 unspecified atom stereocenters. The van der Waals surface area contributed by atoms with Gasteiger partial charge in [-0.15, -0.1) is 0 Å². The molecule has 0 saturated heterocycles. The number of anilines is 1. The van der Waals surface area contributed by atoms with Crippen molar-refractivity contribution in [1.29, 1.82) is 0 Å². The van der Waals surface area contributed by atoms with Crippen LogP contribution < -0.4 is 14.4 Å². The van der Waals surface area contributed by atoms with E-state index in [1.54, 1.807) is 25.1 Å². The quantitative estimate of drug-likeness (QED) is 0.255. The summed E-state index contributed by atoms with van der Waals surface area (Å²) < 4.78 is 33.9. The summed E-state index contributed by atoms with van der Waals surface area (Å²) in [7, 11) is -2.76. The van der Waals surface area contributed by atoms with Crippen LogP contribution in [0.1, 0.15) is 32.8 Å². The van der Waals surface area contributed by atoms with Crippen LogP contribution in [-0.4, -0.2) is 50.9 Å². The number of nitrogens with zero attached hydrogens (tertiary/aromatic N) is 2. The highest BCUT2D eigenvalue weighted by atomic mass is 35.5. The molecule has 0 heterocycles. The zero-order valence-electron chi connectivity index (χ0n) is 23.1. The van der Waals surface area contributed by atoms with E-state index in [0.717, 1.165) is 4.31 Å². The third kappa shape index (κ3) is 8.29. The lowest BCUT2D eigenvalue weighted by molar-refractivity contribution is -0.139. The maximum absolute atomic E-state index is 14.0. The van der Waals surface area contributed by atoms with Gasteiger partial charge in [0.15, 0.2) is 0 Å². The molecule has 12 heteroatoms. The van der Waals surface area contributed by atoms with Crippen LogP contribution in [0.25, 0.3) is 0 Å². The highest BCUT2D eigenvalue weighted by molar-refractivity contribution is 7.92. The van der Waals surface area contributed by atoms with Gasteiger partial charge in [0, 0.05) is 27.7 Å². The number of rotatable bonds is 12. The van der Waals surface area contributed by atoms with E-state index >= 15 is 0 Å². The van der Waals surface area contributed by atoms with E-state index in [4.69, 9.17) is 39.5 Å². The molecule has 0 bridgehead atoms. The molecule has 1 N–H and O–H groups in total. The van der Waals surface area contributed by atoms with Crippen LogP contribution in [0.3, 0.4) is 0 Å². The number of hydrogen-bond donors (Lipinski definition) is 1. The van der Waals surface area contributed by atoms with Crippen molar-refractivity contribution in [3.8, 4) is 5.75 Å². The number of halogens is 3. The Hall–Kier alpha value is -2.98. The van der Waals surface area contributed by atoms with Gasteiger partial charge in [-0.2, -0.15) is 0 Å². The van der Waals surface area contributed by atoms with Crippen LogP contribution in [0.2, 0.25) is 15.1 Å². The van der Waals surface area contributed by atoms with Gasteiger partial charge in [-0.05, 0) is 86.5 Å². The van der Waals surface area contributed by atoms with Crippen molar-refractivity contribution >= 4 is 62.3 Å². The summed E-state index contributed by atoms with van der Waals surface area (Å²) in [6.07, 6.45) is 0.694. The minimum Gasteiger partial charge on any atom is -0.497 e. The van der Waals surface area contributed by atoms with Crippen molar-refractivity contribution in [3.63, 3.8) is 0 Å². The molecule has 3 aromatic rings. The molecule has 220 valence electrons. The first-order chi connectivity index (χ1) is 19.4. The summed E-state index contributed by atoms with van der Waals surface area (Å²) >= 11 is 18.5. The normalized spacial score (nSPS) is 12.8. The van der Waals surface area contributed by atoms with E-state index in [-0.39, 0.29) is 29.1 Å². The largest absolute Gasteiger partial charge is 0.497 e. The maximum Gasteiger partial charge on any atom is 0.264 e. The molecule has 3 aromatic carbocycles. The summed E-state index contributed by atoms with van der Waals surface area (Å²) in [5.41, 5.74) is 0.767. The van der Waals surface area contributed by atoms with Crippen LogP contribution in [0.15, 0.2) is 71.6 Å². The van der Waals surface area contributed by atoms with Crippen molar-refractivity contribution in [2.75, 3.05) is 18.0 Å². The van der Waals surface area contributed by atoms with Crippen molar-refractivity contribution in [2.45, 2.75) is 50.7 Å². The first kappa shape index (κ1) is 32.5. The molecule has 0 aliphatic rings. The Labute approximate surface area is 256 Å². The Morgan fingerprint density at radius 3 is 2.10 bits per heavy atom. The lowest BCUT2D eigenvalue weighted by Crippen LogP contribution is -2.52. The second kappa shape index (κ2) is 14.3. The summed E-state index contributed by atoms with van der Waals surface area (Å²) in [6, 6.07) is 15.7. The molecule has 0 radical (unpaired) electrons. The summed E-state index contributed by atoms with van der Waals surface area (Å²) in [4.78, 5) is 28.4. The second-order valence-electron chi connectivity index (χ2n) is 9.41. The number of amides is 2. The molecule has 41 heavy (non-hydrogen) atoms. The third-order valence-electron chi connectivity index (χ3n) is 6.57. The fraction of sp³-hybridized carbons (Fsp3) is 0.310. The zero-order valence-corrected chi connectivity index (χ0v) is 26.2. The summed E-state index contributed by atoms with van der Waals surface area (Å²) in [5.74, 6) is -0.520. The Morgan fingerprint density at radius 2 is 1.54 bits per heavy atom. The first-order valence-corrected chi connectivity index (χ1v) is 15.4. The number of ether oxygens (including phenoxy) is 1. The van der Waals surface area contributed by atoms with Gasteiger partial charge in [-0.3, -0.25) is 13.9 Å². The van der Waals surface area contributed by atoms with E-state index in [1.165, 1.54) is 60.5 Å². The number of nitrogens with one attached hydrogen (secondary N) is 1. The molecular weight excluding hydrogens is 609 g/mol. The molecule has 0 aliphatic heterocycles. The average molecular weight is 641 g/mol. The number of methoxy groups -OCH3 is 1. The molecule has 3 rings (SSSR count). The number of carbonyl (C=O) groups excluding carboxylic acids is 2. The van der Waals surface area contributed by atoms with Crippen LogP contribution >= 0.6 is 34.8 Å². The van der Waals surface area contributed by atoms with Crippen LogP contribution in [0.5, 0.6) is 5.75 Å². The van der Waals surface area contributed by atoms with Gasteiger partial charge in [0.1, 0.15) is 18.3 Å². The smallest absolute Gasteiger partial charge is 0.264 e. The van der Waals surface area contributed by atoms with Gasteiger partial charge in [0.25, 0.3) is 10.0 Å². The van der Waals surface area contributed by atoms with Crippen LogP contribution in [-0.2, 0) is 26.2 Å². The number of carbonyl (C=O) groups is 2. The van der Waals surface area contributed by atoms with Crippen molar-refractivity contribution in [3.05, 3.63) is 87.4 Å². The summed E-state index contributed by atoms with van der Waals surface area (Å²) in [6.45, 7) is 4.73. The van der Waals surface area contributed by atoms with Gasteiger partial charge in [0.2, 0.25) is 11.8 Å². The van der Waals surface area contributed by atoms with E-state index in [0.29, 0.717) is 32.8 Å². The Morgan fingerprint density at radius 1 is 0.927 bits per heavy atom. The van der Waals surface area contributed by atoms with Gasteiger partial charge in [-0.25, -0.2) is 8.42 Å². The predicted molar refractivity (Wildman–Crippen MR) is 163 cm³/mol. The molecule has 0 spiro atoms. The zero-order chi connectivity index (χ0) is 30.3. The molecule has 0 aliphatic carbocycles. The number of sulfonamides is 1. The molecule has 0 aromatic heterocycles. The monoisotopic (exact) mass is 639 g/mol. The van der Waals surface area contributed by atoms with Gasteiger partial charge < -0.3 is 15.0 Å². The van der Waals surface area contributed by atoms with Crippen LogP contribution in [0, 0.1) is 0 Å². The Bertz CT molecular complexity index is 1470. The predicted octanol–water partition coefficient (Wildman–Crippen LogP) is 6.18. The van der Waals surface area contributed by atoms with Gasteiger partial charge >= 0.3 is 0 Å². The minimum atomic E-state index is -4.23. The highest BCUT2D eigenvalue weighted by Crippen LogP contribution is 2.28. The first-order valence-electron chi connectivity index (χ1n) is 12.8. The number of benzene rings is 3. The average Bonchev–Trinajstić information content (AvgIpc) is 2.95. The fourth-order valence-corrected chi connectivity index (χ4v) is 5.90. The van der Waals surface area contributed by atoms with E-state index < -0.39 is 28.5 Å². The minimum absolute atomic E-state index is 0.0455. The Kier molecular flexibility index (Phi) is 11.3. The van der Waals surface area contributed by atoms with Crippen molar-refractivity contribution < 1.29 is 22.7 Å². The van der Waals surface area contributed by atoms with Crippen molar-refractivity contribution in [2.24, 2.45) is 0 Å². The van der Waals surface area contributed by atoms with Gasteiger partial charge in [0.05, 0.1) is 17.7 Å². The lowest BCUT2D eigenvalue weighted by atomic mass is 10.1. The second-order valence-corrected chi connectivity index (χ2v) is 12.6. The summed E-state index contributed by atoms with van der Waals surface area (Å²) in [5, 5.41) is 4.01. The third-order valence-corrected chi connectivity index (χ3v) is 9.19. The molecule has 2 atom stereocenters. The van der Waals surface area contributed by atoms with E-state index in [2.05, 4.69) is 5.32 Å². The number of hydrogen-bond acceptors (Lipinski definition) is 5. The molecule has 2 amide bonds. The standard InChI is InChI=1S/C29H32Cl3N3O5S/c1-5-19(2)33-29(37)20(3)34(17-21-6-7-23(31)16-27(21)32)28(36)18-35(24-10-8-22(30)9-11-24)41(38,39)26-14-12-25(40-4)13-15-26/h6-16,19-20H,5,17-18H2,1-4H3,(H,33,37)/t19-,20+/m0/s1. The molecular formula is C29H32Cl3N3O5S. The van der Waals surface area contributed by atoms with E-state index in [1.807, 2.05) is 13.8 Å². The maximum atomic E-state index is 14.0. The molecule has 0 fully saturated rings. The van der Waals surface area contributed by atoms with Gasteiger partial charge in [-0.1, -0.05) is 47.8 Å². The van der Waals surface area contributed by atoms with Crippen molar-refractivity contribution in [1.82, 2.24) is 10.2 Å². The topological polar surface area (TPSA) is 96.0 Å². The lowest BCUT2D eigenvalue weighted by Gasteiger charge is -2.32. The molecule has 8 nitrogen and oxygen atoms in total. The SMILES string of the molecule is CC[C@H](C)NC(=O)[C@@H](C)N(Cc1ccc(Cl)cc1Cl)C(=O)CN(c1ccc(Cl)cc1)S(=O)(=O)c1ccc(OC)cc1. The highest BCUT2D eigenvalue weighted by Gasteiger charge is 2.33. The molecule has 0 saturated carbocycles.